The number of nitrogens with one attached hydrogen (secondary N) is 1. The van der Waals surface area contributed by atoms with Gasteiger partial charge in [0.1, 0.15) is 0 Å². The number of aromatic nitrogens is 3. The molecule has 4 aliphatic rings. The lowest BCUT2D eigenvalue weighted by atomic mass is 9.75. The summed E-state index contributed by atoms with van der Waals surface area (Å²) in [6, 6.07) is 15.9. The molecule has 0 radical (unpaired) electrons. The Morgan fingerprint density at radius 1 is 0.646 bits per heavy atom. The highest BCUT2D eigenvalue weighted by molar-refractivity contribution is 6.00. The molecule has 0 saturated carbocycles. The van der Waals surface area contributed by atoms with Crippen molar-refractivity contribution in [3.05, 3.63) is 94.6 Å². The van der Waals surface area contributed by atoms with E-state index in [2.05, 4.69) is 52.9 Å². The van der Waals surface area contributed by atoms with Gasteiger partial charge in [-0.15, -0.1) is 0 Å². The third-order valence-electron chi connectivity index (χ3n) is 15.0. The second kappa shape index (κ2) is 20.8. The van der Waals surface area contributed by atoms with E-state index in [1.807, 2.05) is 31.3 Å². The van der Waals surface area contributed by atoms with Crippen LogP contribution in [-0.4, -0.2) is 106 Å². The fourth-order valence-corrected chi connectivity index (χ4v) is 11.3. The Morgan fingerprint density at radius 3 is 1.54 bits per heavy atom. The number of benzene rings is 2. The number of hydrogen-bond donors (Lipinski definition) is 2. The van der Waals surface area contributed by atoms with Gasteiger partial charge in [-0.3, -0.25) is 29.3 Å². The predicted octanol–water partition coefficient (Wildman–Crippen LogP) is 7.78. The summed E-state index contributed by atoms with van der Waals surface area (Å²) in [4.78, 5) is 52.3. The van der Waals surface area contributed by atoms with Crippen molar-refractivity contribution in [3.63, 3.8) is 0 Å². The zero-order valence-corrected chi connectivity index (χ0v) is 38.9. The number of carbonyl (C=O) groups is 4. The van der Waals surface area contributed by atoms with Crippen LogP contribution in [0.4, 0.5) is 0 Å². The van der Waals surface area contributed by atoms with Gasteiger partial charge in [-0.1, -0.05) is 0 Å². The number of rotatable bonds is 13. The highest BCUT2D eigenvalue weighted by Crippen LogP contribution is 2.41. The first kappa shape index (κ1) is 46.1. The number of carboxylic acids is 1. The quantitative estimate of drug-likeness (QED) is 0.123. The second-order valence-electron chi connectivity index (χ2n) is 19.0. The molecular weight excluding hydrogens is 821 g/mol. The van der Waals surface area contributed by atoms with Gasteiger partial charge in [0.05, 0.1) is 0 Å². The van der Waals surface area contributed by atoms with Crippen molar-refractivity contribution in [1.82, 2.24) is 23.6 Å². The van der Waals surface area contributed by atoms with E-state index >= 15 is 0 Å². The Balaban J connectivity index is 0.000000179. The van der Waals surface area contributed by atoms with Gasteiger partial charge >= 0.3 is 5.97 Å². The van der Waals surface area contributed by atoms with Crippen molar-refractivity contribution in [2.24, 2.45) is 37.8 Å². The first-order valence-electron chi connectivity index (χ1n) is 24.0. The van der Waals surface area contributed by atoms with E-state index in [4.69, 9.17) is 14.6 Å². The summed E-state index contributed by atoms with van der Waals surface area (Å²) in [7, 11) is 7.85. The Hall–Kier alpha value is -5.40. The molecule has 2 aliphatic carbocycles. The zero-order valence-electron chi connectivity index (χ0n) is 38.9. The van der Waals surface area contributed by atoms with Gasteiger partial charge in [0.15, 0.2) is 0 Å². The van der Waals surface area contributed by atoms with Crippen LogP contribution in [0, 0.1) is 23.7 Å². The number of carbonyl (C=O) groups excluding carboxylic acids is 3. The molecule has 0 unspecified atom stereocenters. The van der Waals surface area contributed by atoms with Crippen molar-refractivity contribution >= 4 is 45.5 Å². The maximum absolute atomic E-state index is 13.2. The van der Waals surface area contributed by atoms with E-state index in [1.54, 1.807) is 33.9 Å². The Morgan fingerprint density at radius 2 is 1.09 bits per heavy atom. The maximum atomic E-state index is 13.2. The summed E-state index contributed by atoms with van der Waals surface area (Å²) in [5.41, 5.74) is 12.3. The molecule has 2 saturated heterocycles. The van der Waals surface area contributed by atoms with Crippen molar-refractivity contribution in [2.45, 2.75) is 89.9 Å². The normalized spacial score (nSPS) is 19.0. The summed E-state index contributed by atoms with van der Waals surface area (Å²) >= 11 is 0. The number of carboxylic acid groups (broad SMARTS) is 1. The topological polar surface area (TPSA) is 140 Å². The average molecular weight is 889 g/mol. The standard InChI is InChI=1S/C28H36N4O3.C24H32N2O4/c1-30(13-5-6-27(33)29-32-14-3-4-15-32)28(34)22-8-10-26-24(19-22)23-18-21(7-9-25(23)31(26)2)20-11-16-35-17-12-20;1-25(11-3-4-23(27)28)24(29)18-6-8-22-20(15-18)19-14-17(5-7-21(19)26(22)2)16-9-12-30-13-10-16/h3-4,8,10,14-15,19-21H,5-7,9,11-13,16-18H2,1-2H3,(H,29,33);6,8,15-17H,3-5,7,9-14H2,1-2H3,(H,27,28)/t21-;17-/m11/s1. The molecule has 0 bridgehead atoms. The summed E-state index contributed by atoms with van der Waals surface area (Å²) in [6.45, 7) is 4.54. The second-order valence-corrected chi connectivity index (χ2v) is 19.0. The molecule has 0 spiro atoms. The fraction of sp³-hybridized carbons (Fsp3) is 0.538. The smallest absolute Gasteiger partial charge is 0.303 e. The summed E-state index contributed by atoms with van der Waals surface area (Å²) in [6.07, 6.45) is 16.6. The van der Waals surface area contributed by atoms with Crippen LogP contribution in [0.1, 0.15) is 107 Å². The molecule has 3 amide bonds. The highest BCUT2D eigenvalue weighted by atomic mass is 16.5. The summed E-state index contributed by atoms with van der Waals surface area (Å²) < 4.78 is 17.4. The lowest BCUT2D eigenvalue weighted by molar-refractivity contribution is -0.137. The molecule has 2 atom stereocenters. The number of amides is 3. The van der Waals surface area contributed by atoms with Crippen LogP contribution in [0.3, 0.4) is 0 Å². The summed E-state index contributed by atoms with van der Waals surface area (Å²) in [5, 5.41) is 11.2. The van der Waals surface area contributed by atoms with Gasteiger partial charge < -0.3 is 33.5 Å². The lowest BCUT2D eigenvalue weighted by Crippen LogP contribution is -2.29. The van der Waals surface area contributed by atoms with Crippen molar-refractivity contribution in [3.8, 4) is 0 Å². The molecule has 2 N–H and O–H groups in total. The SMILES string of the molecule is CN(CCCC(=O)Nn1cccc1)C(=O)c1ccc2c(c1)c1c(n2C)CC[C@@H](C2CCOCC2)C1.CN(CCCC(=O)O)C(=O)c1ccc2c(c1)c1c(n2C)CC[C@@H](C2CCOCC2)C1. The number of aryl methyl sites for hydroxylation is 2. The van der Waals surface area contributed by atoms with Crippen molar-refractivity contribution in [1.29, 1.82) is 0 Å². The van der Waals surface area contributed by atoms with Crippen LogP contribution >= 0.6 is 0 Å². The molecule has 3 aromatic heterocycles. The van der Waals surface area contributed by atoms with E-state index in [0.717, 1.165) is 82.4 Å². The summed E-state index contributed by atoms with van der Waals surface area (Å²) in [5.74, 6) is 1.97. The van der Waals surface area contributed by atoms with Crippen LogP contribution in [-0.2, 0) is 58.8 Å². The molecule has 2 aromatic carbocycles. The third kappa shape index (κ3) is 10.5. The number of nitrogens with zero attached hydrogens (tertiary/aromatic N) is 5. The predicted molar refractivity (Wildman–Crippen MR) is 253 cm³/mol. The Bertz CT molecular complexity index is 2470. The van der Waals surface area contributed by atoms with Crippen LogP contribution < -0.4 is 5.43 Å². The van der Waals surface area contributed by atoms with E-state index in [-0.39, 0.29) is 24.1 Å². The van der Waals surface area contributed by atoms with Crippen molar-refractivity contribution in [2.75, 3.05) is 59.0 Å². The van der Waals surface area contributed by atoms with Crippen LogP contribution in [0.2, 0.25) is 0 Å². The van der Waals surface area contributed by atoms with Crippen LogP contribution in [0.15, 0.2) is 60.9 Å². The molecule has 9 rings (SSSR count). The van der Waals surface area contributed by atoms with Gasteiger partial charge in [0, 0.05) is 137 Å². The van der Waals surface area contributed by atoms with E-state index in [1.165, 1.54) is 70.0 Å². The van der Waals surface area contributed by atoms with E-state index in [0.29, 0.717) is 49.8 Å². The number of aliphatic carboxylic acids is 1. The number of fused-ring (bicyclic) bond motifs is 6. The zero-order chi connectivity index (χ0) is 45.6. The minimum atomic E-state index is -0.827. The maximum Gasteiger partial charge on any atom is 0.303 e. The molecule has 5 heterocycles. The van der Waals surface area contributed by atoms with E-state index < -0.39 is 5.97 Å². The van der Waals surface area contributed by atoms with Gasteiger partial charge in [-0.05, 0) is 160 Å². The molecule has 5 aromatic rings. The molecule has 13 nitrogen and oxygen atoms in total. The molecule has 13 heteroatoms. The monoisotopic (exact) mass is 889 g/mol. The van der Waals surface area contributed by atoms with Crippen molar-refractivity contribution < 1.29 is 33.8 Å². The first-order valence-corrected chi connectivity index (χ1v) is 24.0. The minimum absolute atomic E-state index is 0.00658. The lowest BCUT2D eigenvalue weighted by Gasteiger charge is -2.33. The molecule has 348 valence electrons. The van der Waals surface area contributed by atoms with E-state index in [9.17, 15) is 19.2 Å². The average Bonchev–Trinajstić information content (AvgIpc) is 4.03. The molecule has 2 fully saturated rings. The minimum Gasteiger partial charge on any atom is -0.481 e. The van der Waals surface area contributed by atoms with Gasteiger partial charge in [-0.2, -0.15) is 0 Å². The fourth-order valence-electron chi connectivity index (χ4n) is 11.3. The largest absolute Gasteiger partial charge is 0.481 e. The van der Waals surface area contributed by atoms with Gasteiger partial charge in [0.2, 0.25) is 5.91 Å². The van der Waals surface area contributed by atoms with Crippen LogP contribution in [0.5, 0.6) is 0 Å². The first-order chi connectivity index (χ1) is 31.5. The van der Waals surface area contributed by atoms with Gasteiger partial charge in [-0.25, -0.2) is 0 Å². The number of ether oxygens (including phenoxy) is 2. The molecule has 65 heavy (non-hydrogen) atoms. The highest BCUT2D eigenvalue weighted by Gasteiger charge is 2.33. The Labute approximate surface area is 383 Å². The van der Waals surface area contributed by atoms with Gasteiger partial charge in [0.25, 0.3) is 11.8 Å². The molecular formula is C52H68N6O7. The Kier molecular flexibility index (Phi) is 14.8. The number of hydrogen-bond acceptors (Lipinski definition) is 6. The third-order valence-corrected chi connectivity index (χ3v) is 15.0. The van der Waals surface area contributed by atoms with Crippen LogP contribution in [0.25, 0.3) is 21.8 Å². The molecule has 2 aliphatic heterocycles.